The second-order valence-electron chi connectivity index (χ2n) is 8.24. The number of rotatable bonds is 8. The van der Waals surface area contributed by atoms with Crippen LogP contribution in [-0.4, -0.2) is 32.8 Å². The third-order valence-corrected chi connectivity index (χ3v) is 7.01. The first-order valence-corrected chi connectivity index (χ1v) is 12.5. The van der Waals surface area contributed by atoms with Crippen LogP contribution < -0.4 is 14.9 Å². The fraction of sp³-hybridized carbons (Fsp3) is 0.391. The van der Waals surface area contributed by atoms with Gasteiger partial charge in [-0.3, -0.25) is 9.59 Å². The summed E-state index contributed by atoms with van der Waals surface area (Å²) in [7, 11) is -3.95. The van der Waals surface area contributed by atoms with E-state index in [4.69, 9.17) is 11.6 Å². The van der Waals surface area contributed by atoms with Crippen molar-refractivity contribution in [2.45, 2.75) is 51.0 Å². The van der Waals surface area contributed by atoms with E-state index in [1.165, 1.54) is 6.07 Å². The van der Waals surface area contributed by atoms with Crippen molar-refractivity contribution in [3.8, 4) is 0 Å². The SMILES string of the molecule is CCC(=O)N1CCc2cc(S(=O)(=O)NC(CC(C)C)C(=O)Nc3ccc(Cl)cc3)ccc21. The van der Waals surface area contributed by atoms with Crippen LogP contribution in [0.4, 0.5) is 11.4 Å². The molecule has 7 nitrogen and oxygen atoms in total. The smallest absolute Gasteiger partial charge is 0.242 e. The molecule has 2 aromatic carbocycles. The zero-order chi connectivity index (χ0) is 23.5. The number of carbonyl (C=O) groups excluding carboxylic acids is 2. The zero-order valence-corrected chi connectivity index (χ0v) is 20.0. The highest BCUT2D eigenvalue weighted by Crippen LogP contribution is 2.31. The molecule has 0 saturated heterocycles. The molecule has 2 amide bonds. The van der Waals surface area contributed by atoms with Crippen LogP contribution in [0, 0.1) is 5.92 Å². The van der Waals surface area contributed by atoms with Crippen LogP contribution in [0.15, 0.2) is 47.4 Å². The van der Waals surface area contributed by atoms with Gasteiger partial charge in [0, 0.05) is 29.4 Å². The van der Waals surface area contributed by atoms with Crippen LogP contribution in [0.2, 0.25) is 5.02 Å². The minimum absolute atomic E-state index is 0.00773. The summed E-state index contributed by atoms with van der Waals surface area (Å²) in [5, 5.41) is 3.29. The van der Waals surface area contributed by atoms with Crippen molar-refractivity contribution in [1.82, 2.24) is 4.72 Å². The number of fused-ring (bicyclic) bond motifs is 1. The number of halogens is 1. The Bertz CT molecular complexity index is 1100. The lowest BCUT2D eigenvalue weighted by Gasteiger charge is -2.21. The monoisotopic (exact) mass is 477 g/mol. The molecule has 2 aromatic rings. The summed E-state index contributed by atoms with van der Waals surface area (Å²) < 4.78 is 28.8. The first-order valence-electron chi connectivity index (χ1n) is 10.6. The van der Waals surface area contributed by atoms with Gasteiger partial charge in [-0.25, -0.2) is 8.42 Å². The highest BCUT2D eigenvalue weighted by molar-refractivity contribution is 7.89. The molecule has 172 valence electrons. The van der Waals surface area contributed by atoms with E-state index in [2.05, 4.69) is 10.0 Å². The lowest BCUT2D eigenvalue weighted by molar-refractivity contribution is -0.118. The highest BCUT2D eigenvalue weighted by Gasteiger charge is 2.29. The molecule has 32 heavy (non-hydrogen) atoms. The van der Waals surface area contributed by atoms with E-state index in [0.717, 1.165) is 11.3 Å². The fourth-order valence-corrected chi connectivity index (χ4v) is 5.08. The van der Waals surface area contributed by atoms with Crippen molar-refractivity contribution in [2.24, 2.45) is 5.92 Å². The summed E-state index contributed by atoms with van der Waals surface area (Å²) in [6.07, 6.45) is 1.32. The van der Waals surface area contributed by atoms with Crippen molar-refractivity contribution < 1.29 is 18.0 Å². The lowest BCUT2D eigenvalue weighted by atomic mass is 10.0. The number of anilines is 2. The molecule has 0 bridgehead atoms. The van der Waals surface area contributed by atoms with E-state index < -0.39 is 22.0 Å². The summed E-state index contributed by atoms with van der Waals surface area (Å²) in [6.45, 7) is 6.18. The third-order valence-electron chi connectivity index (χ3n) is 5.29. The van der Waals surface area contributed by atoms with Crippen molar-refractivity contribution >= 4 is 44.8 Å². The van der Waals surface area contributed by atoms with Crippen LogP contribution in [0.1, 0.15) is 39.2 Å². The zero-order valence-electron chi connectivity index (χ0n) is 18.4. The number of nitrogens with zero attached hydrogens (tertiary/aromatic N) is 1. The second-order valence-corrected chi connectivity index (χ2v) is 10.4. The molecule has 0 aliphatic carbocycles. The molecular formula is C23H28ClN3O4S. The Balaban J connectivity index is 1.80. The summed E-state index contributed by atoms with van der Waals surface area (Å²) in [5.41, 5.74) is 2.08. The maximum atomic E-state index is 13.1. The maximum Gasteiger partial charge on any atom is 0.242 e. The van der Waals surface area contributed by atoms with Crippen molar-refractivity contribution in [3.05, 3.63) is 53.1 Å². The van der Waals surface area contributed by atoms with Gasteiger partial charge in [-0.2, -0.15) is 4.72 Å². The van der Waals surface area contributed by atoms with Gasteiger partial charge in [0.05, 0.1) is 4.90 Å². The predicted molar refractivity (Wildman–Crippen MR) is 126 cm³/mol. The minimum atomic E-state index is -3.95. The molecule has 1 aliphatic rings. The molecule has 2 N–H and O–H groups in total. The normalized spacial score (nSPS) is 14.3. The van der Waals surface area contributed by atoms with E-state index in [-0.39, 0.29) is 16.7 Å². The number of amides is 2. The van der Waals surface area contributed by atoms with E-state index in [9.17, 15) is 18.0 Å². The molecule has 0 spiro atoms. The van der Waals surface area contributed by atoms with Crippen molar-refractivity contribution in [3.63, 3.8) is 0 Å². The molecule has 9 heteroatoms. The molecule has 3 rings (SSSR count). The average molecular weight is 478 g/mol. The van der Waals surface area contributed by atoms with Crippen LogP contribution in [0.5, 0.6) is 0 Å². The number of carbonyl (C=O) groups is 2. The lowest BCUT2D eigenvalue weighted by Crippen LogP contribution is -2.44. The van der Waals surface area contributed by atoms with Gasteiger partial charge in [0.1, 0.15) is 6.04 Å². The van der Waals surface area contributed by atoms with Crippen LogP contribution in [0.25, 0.3) is 0 Å². The Hall–Kier alpha value is -2.42. The number of benzene rings is 2. The highest BCUT2D eigenvalue weighted by atomic mass is 35.5. The minimum Gasteiger partial charge on any atom is -0.325 e. The average Bonchev–Trinajstić information content (AvgIpc) is 3.17. The molecule has 0 radical (unpaired) electrons. The van der Waals surface area contributed by atoms with Gasteiger partial charge in [0.2, 0.25) is 21.8 Å². The van der Waals surface area contributed by atoms with E-state index in [0.29, 0.717) is 36.5 Å². The first-order chi connectivity index (χ1) is 15.1. The van der Waals surface area contributed by atoms with E-state index in [1.54, 1.807) is 48.2 Å². The molecule has 1 aliphatic heterocycles. The van der Waals surface area contributed by atoms with Gasteiger partial charge < -0.3 is 10.2 Å². The number of nitrogens with one attached hydrogen (secondary N) is 2. The molecule has 0 fully saturated rings. The van der Waals surface area contributed by atoms with Gasteiger partial charge in [0.25, 0.3) is 0 Å². The number of sulfonamides is 1. The topological polar surface area (TPSA) is 95.6 Å². The molecule has 1 atom stereocenters. The summed E-state index contributed by atoms with van der Waals surface area (Å²) in [5.74, 6) is -0.342. The van der Waals surface area contributed by atoms with Gasteiger partial charge in [-0.1, -0.05) is 32.4 Å². The molecule has 0 saturated carbocycles. The maximum absolute atomic E-state index is 13.1. The Labute approximate surface area is 194 Å². The Morgan fingerprint density at radius 2 is 1.81 bits per heavy atom. The molecule has 1 heterocycles. The van der Waals surface area contributed by atoms with Crippen LogP contribution in [0.3, 0.4) is 0 Å². The van der Waals surface area contributed by atoms with Gasteiger partial charge in [-0.15, -0.1) is 0 Å². The van der Waals surface area contributed by atoms with Crippen molar-refractivity contribution in [1.29, 1.82) is 0 Å². The fourth-order valence-electron chi connectivity index (χ4n) is 3.69. The van der Waals surface area contributed by atoms with E-state index in [1.807, 2.05) is 13.8 Å². The second kappa shape index (κ2) is 10.0. The van der Waals surface area contributed by atoms with Crippen molar-refractivity contribution in [2.75, 3.05) is 16.8 Å². The van der Waals surface area contributed by atoms with Crippen LogP contribution >= 0.6 is 11.6 Å². The predicted octanol–water partition coefficient (Wildman–Crippen LogP) is 3.97. The van der Waals surface area contributed by atoms with Crippen LogP contribution in [-0.2, 0) is 26.0 Å². The molecular weight excluding hydrogens is 450 g/mol. The van der Waals surface area contributed by atoms with Gasteiger partial charge >= 0.3 is 0 Å². The largest absolute Gasteiger partial charge is 0.325 e. The summed E-state index contributed by atoms with van der Waals surface area (Å²) >= 11 is 5.88. The van der Waals surface area contributed by atoms with E-state index >= 15 is 0 Å². The van der Waals surface area contributed by atoms with Gasteiger partial charge in [-0.05, 0) is 66.8 Å². The molecule has 1 unspecified atom stereocenters. The third kappa shape index (κ3) is 5.68. The number of hydrogen-bond acceptors (Lipinski definition) is 4. The summed E-state index contributed by atoms with van der Waals surface area (Å²) in [4.78, 5) is 26.7. The Kier molecular flexibility index (Phi) is 7.59. The number of hydrogen-bond donors (Lipinski definition) is 2. The molecule has 0 aromatic heterocycles. The Morgan fingerprint density at radius 3 is 2.44 bits per heavy atom. The van der Waals surface area contributed by atoms with Gasteiger partial charge in [0.15, 0.2) is 0 Å². The first kappa shape index (κ1) is 24.2. The standard InChI is InChI=1S/C23H28ClN3O4S/c1-4-22(28)27-12-11-16-14-19(9-10-21(16)27)32(30,31)26-20(13-15(2)3)23(29)25-18-7-5-17(24)6-8-18/h5-10,14-15,20,26H,4,11-13H2,1-3H3,(H,25,29). The Morgan fingerprint density at radius 1 is 1.12 bits per heavy atom. The summed E-state index contributed by atoms with van der Waals surface area (Å²) in [6, 6.07) is 10.4. The quantitative estimate of drug-likeness (QED) is 0.601.